The molecule has 1 aromatic carbocycles. The number of aryl methyl sites for hydroxylation is 2. The van der Waals surface area contributed by atoms with E-state index in [4.69, 9.17) is 4.52 Å². The van der Waals surface area contributed by atoms with Gasteiger partial charge in [-0.05, 0) is 44.8 Å². The molecule has 0 atom stereocenters. The zero-order valence-electron chi connectivity index (χ0n) is 17.3. The van der Waals surface area contributed by atoms with Crippen LogP contribution >= 0.6 is 0 Å². The van der Waals surface area contributed by atoms with Crippen LogP contribution in [-0.4, -0.2) is 50.1 Å². The zero-order valence-corrected chi connectivity index (χ0v) is 17.3. The van der Waals surface area contributed by atoms with Crippen molar-refractivity contribution in [1.82, 2.24) is 29.9 Å². The standard InChI is InChI=1S/C22H28N6O2/c1-17-5-2-3-6-19(17)21-25-20(30-26-21)15-27-12-7-18(8-13-27)22(29)24-9-4-11-28-14-10-23-16-28/h2-3,5-6,10,14,16,18H,4,7-9,11-13,15H2,1H3,(H,24,29). The summed E-state index contributed by atoms with van der Waals surface area (Å²) in [6, 6.07) is 8.02. The van der Waals surface area contributed by atoms with Crippen LogP contribution in [0.2, 0.25) is 0 Å². The van der Waals surface area contributed by atoms with Crippen LogP contribution in [0.15, 0.2) is 47.5 Å². The van der Waals surface area contributed by atoms with Gasteiger partial charge < -0.3 is 14.4 Å². The largest absolute Gasteiger partial charge is 0.356 e. The molecule has 1 aliphatic rings. The highest BCUT2D eigenvalue weighted by Gasteiger charge is 2.25. The molecule has 0 aliphatic carbocycles. The van der Waals surface area contributed by atoms with Gasteiger partial charge >= 0.3 is 0 Å². The lowest BCUT2D eigenvalue weighted by molar-refractivity contribution is -0.126. The molecule has 1 aliphatic heterocycles. The smallest absolute Gasteiger partial charge is 0.241 e. The van der Waals surface area contributed by atoms with E-state index in [0.717, 1.165) is 50.0 Å². The van der Waals surface area contributed by atoms with Crippen molar-refractivity contribution < 1.29 is 9.32 Å². The van der Waals surface area contributed by atoms with Gasteiger partial charge in [-0.2, -0.15) is 4.98 Å². The summed E-state index contributed by atoms with van der Waals surface area (Å²) in [5.74, 6) is 1.50. The van der Waals surface area contributed by atoms with Crippen LogP contribution in [0.3, 0.4) is 0 Å². The van der Waals surface area contributed by atoms with Crippen molar-refractivity contribution in [3.05, 3.63) is 54.4 Å². The van der Waals surface area contributed by atoms with Crippen LogP contribution in [-0.2, 0) is 17.9 Å². The maximum Gasteiger partial charge on any atom is 0.241 e. The molecule has 0 spiro atoms. The molecule has 1 saturated heterocycles. The van der Waals surface area contributed by atoms with Crippen LogP contribution in [0.5, 0.6) is 0 Å². The molecule has 30 heavy (non-hydrogen) atoms. The van der Waals surface area contributed by atoms with E-state index in [1.54, 1.807) is 12.5 Å². The Kier molecular flexibility index (Phi) is 6.53. The summed E-state index contributed by atoms with van der Waals surface area (Å²) in [6.45, 7) is 5.94. The summed E-state index contributed by atoms with van der Waals surface area (Å²) in [7, 11) is 0. The van der Waals surface area contributed by atoms with E-state index >= 15 is 0 Å². The monoisotopic (exact) mass is 408 g/mol. The fraction of sp³-hybridized carbons (Fsp3) is 0.455. The lowest BCUT2D eigenvalue weighted by Gasteiger charge is -2.30. The molecule has 0 bridgehead atoms. The predicted molar refractivity (Wildman–Crippen MR) is 112 cm³/mol. The molecule has 0 unspecified atom stereocenters. The third-order valence-corrected chi connectivity index (χ3v) is 5.62. The number of nitrogens with zero attached hydrogens (tertiary/aromatic N) is 5. The van der Waals surface area contributed by atoms with E-state index < -0.39 is 0 Å². The third-order valence-electron chi connectivity index (χ3n) is 5.62. The second-order valence-corrected chi connectivity index (χ2v) is 7.82. The van der Waals surface area contributed by atoms with E-state index in [2.05, 4.69) is 25.3 Å². The third kappa shape index (κ3) is 5.13. The lowest BCUT2D eigenvalue weighted by Crippen LogP contribution is -2.40. The first-order chi connectivity index (χ1) is 14.7. The maximum atomic E-state index is 12.4. The average molecular weight is 409 g/mol. The van der Waals surface area contributed by atoms with Crippen molar-refractivity contribution in [2.24, 2.45) is 5.92 Å². The van der Waals surface area contributed by atoms with E-state index in [1.807, 2.05) is 42.0 Å². The van der Waals surface area contributed by atoms with Gasteiger partial charge in [-0.1, -0.05) is 29.4 Å². The number of benzene rings is 1. The molecule has 1 N–H and O–H groups in total. The van der Waals surface area contributed by atoms with Crippen LogP contribution in [0.4, 0.5) is 0 Å². The molecule has 158 valence electrons. The first-order valence-electron chi connectivity index (χ1n) is 10.5. The summed E-state index contributed by atoms with van der Waals surface area (Å²) < 4.78 is 7.48. The number of carbonyl (C=O) groups is 1. The molecule has 2 aromatic heterocycles. The van der Waals surface area contributed by atoms with Gasteiger partial charge in [0, 0.05) is 37.0 Å². The highest BCUT2D eigenvalue weighted by Crippen LogP contribution is 2.22. The van der Waals surface area contributed by atoms with Crippen LogP contribution < -0.4 is 5.32 Å². The Balaban J connectivity index is 1.19. The average Bonchev–Trinajstić information content (AvgIpc) is 3.44. The molecule has 3 heterocycles. The number of nitrogens with one attached hydrogen (secondary N) is 1. The Labute approximate surface area is 176 Å². The fourth-order valence-corrected chi connectivity index (χ4v) is 3.83. The molecule has 8 nitrogen and oxygen atoms in total. The zero-order chi connectivity index (χ0) is 20.8. The molecular weight excluding hydrogens is 380 g/mol. The van der Waals surface area contributed by atoms with Crippen LogP contribution in [0, 0.1) is 12.8 Å². The van der Waals surface area contributed by atoms with E-state index in [0.29, 0.717) is 24.8 Å². The topological polar surface area (TPSA) is 89.1 Å². The minimum absolute atomic E-state index is 0.0831. The second kappa shape index (κ2) is 9.67. The molecule has 1 amide bonds. The first-order valence-corrected chi connectivity index (χ1v) is 10.5. The maximum absolute atomic E-state index is 12.4. The van der Waals surface area contributed by atoms with Gasteiger partial charge in [0.25, 0.3) is 0 Å². The number of likely N-dealkylation sites (tertiary alicyclic amines) is 1. The summed E-state index contributed by atoms with van der Waals surface area (Å²) in [5, 5.41) is 7.21. The first kappa shape index (κ1) is 20.3. The van der Waals surface area contributed by atoms with Gasteiger partial charge in [0.1, 0.15) is 0 Å². The number of hydrogen-bond donors (Lipinski definition) is 1. The summed E-state index contributed by atoms with van der Waals surface area (Å²) >= 11 is 0. The number of piperidine rings is 1. The lowest BCUT2D eigenvalue weighted by atomic mass is 9.96. The second-order valence-electron chi connectivity index (χ2n) is 7.82. The van der Waals surface area contributed by atoms with Crippen LogP contribution in [0.1, 0.15) is 30.7 Å². The van der Waals surface area contributed by atoms with Crippen molar-refractivity contribution in [2.45, 2.75) is 39.3 Å². The van der Waals surface area contributed by atoms with Gasteiger partial charge in [0.05, 0.1) is 12.9 Å². The molecule has 0 saturated carbocycles. The minimum atomic E-state index is 0.0831. The number of aromatic nitrogens is 4. The molecule has 4 rings (SSSR count). The van der Waals surface area contributed by atoms with Gasteiger partial charge in [-0.3, -0.25) is 9.69 Å². The molecule has 3 aromatic rings. The van der Waals surface area contributed by atoms with E-state index in [1.165, 1.54) is 0 Å². The Morgan fingerprint density at radius 3 is 2.87 bits per heavy atom. The number of hydrogen-bond acceptors (Lipinski definition) is 6. The normalized spacial score (nSPS) is 15.4. The quantitative estimate of drug-likeness (QED) is 0.577. The van der Waals surface area contributed by atoms with E-state index in [9.17, 15) is 4.79 Å². The fourth-order valence-electron chi connectivity index (χ4n) is 3.83. The van der Waals surface area contributed by atoms with Gasteiger partial charge in [0.15, 0.2) is 0 Å². The predicted octanol–water partition coefficient (Wildman–Crippen LogP) is 2.66. The van der Waals surface area contributed by atoms with E-state index in [-0.39, 0.29) is 11.8 Å². The van der Waals surface area contributed by atoms with Gasteiger partial charge in [-0.25, -0.2) is 4.98 Å². The number of amides is 1. The van der Waals surface area contributed by atoms with Crippen molar-refractivity contribution in [2.75, 3.05) is 19.6 Å². The van der Waals surface area contributed by atoms with Crippen molar-refractivity contribution in [3.8, 4) is 11.4 Å². The Morgan fingerprint density at radius 2 is 2.10 bits per heavy atom. The Bertz CT molecular complexity index is 944. The highest BCUT2D eigenvalue weighted by molar-refractivity contribution is 5.78. The minimum Gasteiger partial charge on any atom is -0.356 e. The van der Waals surface area contributed by atoms with Crippen LogP contribution in [0.25, 0.3) is 11.4 Å². The van der Waals surface area contributed by atoms with Crippen molar-refractivity contribution >= 4 is 5.91 Å². The van der Waals surface area contributed by atoms with Crippen molar-refractivity contribution in [3.63, 3.8) is 0 Å². The molecular formula is C22H28N6O2. The van der Waals surface area contributed by atoms with Gasteiger partial charge in [-0.15, -0.1) is 0 Å². The summed E-state index contributed by atoms with van der Waals surface area (Å²) in [6.07, 6.45) is 8.11. The summed E-state index contributed by atoms with van der Waals surface area (Å²) in [5.41, 5.74) is 2.12. The molecule has 0 radical (unpaired) electrons. The molecule has 1 fully saturated rings. The number of rotatable bonds is 8. The number of carbonyl (C=O) groups excluding carboxylic acids is 1. The highest BCUT2D eigenvalue weighted by atomic mass is 16.5. The van der Waals surface area contributed by atoms with Gasteiger partial charge in [0.2, 0.25) is 17.6 Å². The molecule has 8 heteroatoms. The summed E-state index contributed by atoms with van der Waals surface area (Å²) in [4.78, 5) is 23.3. The van der Waals surface area contributed by atoms with Crippen molar-refractivity contribution in [1.29, 1.82) is 0 Å². The Morgan fingerprint density at radius 1 is 1.27 bits per heavy atom. The Hall–Kier alpha value is -3.00. The number of imidazole rings is 1. The SMILES string of the molecule is Cc1ccccc1-c1noc(CN2CCC(C(=O)NCCCn3ccnc3)CC2)n1.